The Hall–Kier alpha value is -0.160. The largest absolute Gasteiger partial charge is 0.394 e. The van der Waals surface area contributed by atoms with Crippen LogP contribution in [0, 0.1) is 0 Å². The van der Waals surface area contributed by atoms with E-state index in [0.717, 1.165) is 19.6 Å². The van der Waals surface area contributed by atoms with Gasteiger partial charge in [0.15, 0.2) is 0 Å². The molecule has 0 aromatic carbocycles. The van der Waals surface area contributed by atoms with Crippen molar-refractivity contribution < 1.29 is 9.84 Å². The molecule has 3 N–H and O–H groups in total. The molecule has 2 aliphatic rings. The molecule has 100 valence electrons. The maximum Gasteiger partial charge on any atom is 0.0731 e. The normalized spacial score (nSPS) is 35.3. The van der Waals surface area contributed by atoms with Crippen molar-refractivity contribution in [3.05, 3.63) is 0 Å². The molecule has 0 bridgehead atoms. The summed E-state index contributed by atoms with van der Waals surface area (Å²) in [7, 11) is 0. The molecule has 0 aromatic rings. The first-order valence-corrected chi connectivity index (χ1v) is 6.80. The Kier molecular flexibility index (Phi) is 4.08. The molecule has 1 aliphatic heterocycles. The number of aliphatic hydroxyl groups excluding tert-OH is 1. The molecule has 1 saturated carbocycles. The van der Waals surface area contributed by atoms with Gasteiger partial charge in [-0.25, -0.2) is 0 Å². The first kappa shape index (κ1) is 13.3. The summed E-state index contributed by atoms with van der Waals surface area (Å²) in [6, 6.07) is 1.000. The highest BCUT2D eigenvalue weighted by atomic mass is 16.5. The molecule has 2 fully saturated rings. The van der Waals surface area contributed by atoms with Gasteiger partial charge in [-0.05, 0) is 39.5 Å². The van der Waals surface area contributed by atoms with Gasteiger partial charge in [-0.15, -0.1) is 0 Å². The molecule has 1 heterocycles. The molecule has 1 saturated heterocycles. The lowest BCUT2D eigenvalue weighted by atomic mass is 9.93. The van der Waals surface area contributed by atoms with E-state index in [-0.39, 0.29) is 6.61 Å². The number of nitrogens with two attached hydrogens (primary N) is 1. The second-order valence-corrected chi connectivity index (χ2v) is 6.01. The molecule has 0 aromatic heterocycles. The maximum absolute atomic E-state index is 9.26. The smallest absolute Gasteiger partial charge is 0.0731 e. The second kappa shape index (κ2) is 5.22. The molecule has 4 heteroatoms. The van der Waals surface area contributed by atoms with Gasteiger partial charge in [0, 0.05) is 24.2 Å². The van der Waals surface area contributed by atoms with Crippen molar-refractivity contribution >= 4 is 0 Å². The van der Waals surface area contributed by atoms with E-state index in [2.05, 4.69) is 11.8 Å². The quantitative estimate of drug-likeness (QED) is 0.763. The van der Waals surface area contributed by atoms with Gasteiger partial charge < -0.3 is 15.6 Å². The summed E-state index contributed by atoms with van der Waals surface area (Å²) in [5, 5.41) is 9.26. The predicted octanol–water partition coefficient (Wildman–Crippen LogP) is 0.728. The Labute approximate surface area is 104 Å². The van der Waals surface area contributed by atoms with Crippen LogP contribution in [-0.2, 0) is 4.74 Å². The summed E-state index contributed by atoms with van der Waals surface area (Å²) in [6.45, 7) is 6.04. The summed E-state index contributed by atoms with van der Waals surface area (Å²) >= 11 is 0. The fourth-order valence-corrected chi connectivity index (χ4v) is 3.36. The maximum atomic E-state index is 9.26. The molecule has 4 unspecified atom stereocenters. The molecule has 17 heavy (non-hydrogen) atoms. The second-order valence-electron chi connectivity index (χ2n) is 6.01. The van der Waals surface area contributed by atoms with Gasteiger partial charge in [0.05, 0.1) is 19.3 Å². The fraction of sp³-hybridized carbons (Fsp3) is 1.00. The van der Waals surface area contributed by atoms with Gasteiger partial charge in [0.25, 0.3) is 0 Å². The number of hydrogen-bond donors (Lipinski definition) is 2. The first-order chi connectivity index (χ1) is 8.03. The van der Waals surface area contributed by atoms with E-state index in [1.54, 1.807) is 0 Å². The number of nitrogens with zero attached hydrogens (tertiary/aromatic N) is 1. The Morgan fingerprint density at radius 3 is 3.00 bits per heavy atom. The van der Waals surface area contributed by atoms with E-state index < -0.39 is 5.54 Å². The fourth-order valence-electron chi connectivity index (χ4n) is 3.36. The Bertz CT molecular complexity index is 258. The van der Waals surface area contributed by atoms with Crippen molar-refractivity contribution in [3.8, 4) is 0 Å². The van der Waals surface area contributed by atoms with Crippen molar-refractivity contribution in [2.45, 2.75) is 63.3 Å². The van der Waals surface area contributed by atoms with E-state index in [1.165, 1.54) is 19.3 Å². The zero-order chi connectivity index (χ0) is 12.5. The van der Waals surface area contributed by atoms with Gasteiger partial charge in [-0.2, -0.15) is 0 Å². The number of aliphatic hydroxyl groups is 1. The van der Waals surface area contributed by atoms with Crippen LogP contribution in [-0.4, -0.2) is 53.5 Å². The third-order valence-electron chi connectivity index (χ3n) is 4.21. The summed E-state index contributed by atoms with van der Waals surface area (Å²) in [5.41, 5.74) is 5.59. The van der Waals surface area contributed by atoms with E-state index in [4.69, 9.17) is 10.5 Å². The SMILES string of the molecule is CC(CC(C)(N)CO)N1CCOC2CCCC21. The lowest BCUT2D eigenvalue weighted by Crippen LogP contribution is -2.55. The van der Waals surface area contributed by atoms with Gasteiger partial charge >= 0.3 is 0 Å². The third kappa shape index (κ3) is 2.99. The Morgan fingerprint density at radius 2 is 2.29 bits per heavy atom. The Morgan fingerprint density at radius 1 is 1.53 bits per heavy atom. The number of morpholine rings is 1. The van der Waals surface area contributed by atoms with Crippen molar-refractivity contribution in [2.75, 3.05) is 19.8 Å². The summed E-state index contributed by atoms with van der Waals surface area (Å²) in [4.78, 5) is 2.54. The van der Waals surface area contributed by atoms with E-state index >= 15 is 0 Å². The molecule has 2 rings (SSSR count). The minimum atomic E-state index is -0.466. The minimum absolute atomic E-state index is 0.0514. The van der Waals surface area contributed by atoms with Crippen LogP contribution in [0.3, 0.4) is 0 Å². The highest BCUT2D eigenvalue weighted by molar-refractivity contribution is 4.93. The van der Waals surface area contributed by atoms with E-state index in [1.807, 2.05) is 6.92 Å². The van der Waals surface area contributed by atoms with Gasteiger partial charge in [-0.1, -0.05) is 0 Å². The average Bonchev–Trinajstić information content (AvgIpc) is 2.76. The molecule has 0 amide bonds. The van der Waals surface area contributed by atoms with Crippen LogP contribution in [0.4, 0.5) is 0 Å². The lowest BCUT2D eigenvalue weighted by Gasteiger charge is -2.43. The topological polar surface area (TPSA) is 58.7 Å². The predicted molar refractivity (Wildman–Crippen MR) is 67.8 cm³/mol. The van der Waals surface area contributed by atoms with E-state index in [0.29, 0.717) is 18.2 Å². The van der Waals surface area contributed by atoms with Crippen LogP contribution in [0.5, 0.6) is 0 Å². The summed E-state index contributed by atoms with van der Waals surface area (Å²) in [6.07, 6.45) is 5.00. The molecule has 0 radical (unpaired) electrons. The van der Waals surface area contributed by atoms with Crippen molar-refractivity contribution in [2.24, 2.45) is 5.73 Å². The lowest BCUT2D eigenvalue weighted by molar-refractivity contribution is -0.0731. The van der Waals surface area contributed by atoms with Crippen LogP contribution in [0.15, 0.2) is 0 Å². The first-order valence-electron chi connectivity index (χ1n) is 6.80. The van der Waals surface area contributed by atoms with Crippen LogP contribution in [0.2, 0.25) is 0 Å². The van der Waals surface area contributed by atoms with Crippen LogP contribution in [0.1, 0.15) is 39.5 Å². The molecular weight excluding hydrogens is 216 g/mol. The van der Waals surface area contributed by atoms with Gasteiger partial charge in [-0.3, -0.25) is 4.90 Å². The van der Waals surface area contributed by atoms with Gasteiger partial charge in [0.1, 0.15) is 0 Å². The zero-order valence-electron chi connectivity index (χ0n) is 11.1. The minimum Gasteiger partial charge on any atom is -0.394 e. The summed E-state index contributed by atoms with van der Waals surface area (Å²) in [5.74, 6) is 0. The highest BCUT2D eigenvalue weighted by Gasteiger charge is 2.39. The standard InChI is InChI=1S/C13H26N2O2/c1-10(8-13(2,14)9-16)15-6-7-17-12-5-3-4-11(12)15/h10-12,16H,3-9,14H2,1-2H3. The number of hydrogen-bond acceptors (Lipinski definition) is 4. The van der Waals surface area contributed by atoms with E-state index in [9.17, 15) is 5.11 Å². The number of fused-ring (bicyclic) bond motifs is 1. The van der Waals surface area contributed by atoms with Crippen molar-refractivity contribution in [1.29, 1.82) is 0 Å². The third-order valence-corrected chi connectivity index (χ3v) is 4.21. The van der Waals surface area contributed by atoms with Crippen LogP contribution in [0.25, 0.3) is 0 Å². The summed E-state index contributed by atoms with van der Waals surface area (Å²) < 4.78 is 5.82. The monoisotopic (exact) mass is 242 g/mol. The van der Waals surface area contributed by atoms with Gasteiger partial charge in [0.2, 0.25) is 0 Å². The molecule has 0 spiro atoms. The molecule has 1 aliphatic carbocycles. The molecule has 4 nitrogen and oxygen atoms in total. The molecular formula is C13H26N2O2. The zero-order valence-corrected chi connectivity index (χ0v) is 11.1. The molecule has 4 atom stereocenters. The average molecular weight is 242 g/mol. The number of ether oxygens (including phenoxy) is 1. The Balaban J connectivity index is 1.96. The number of rotatable bonds is 4. The van der Waals surface area contributed by atoms with Crippen molar-refractivity contribution in [3.63, 3.8) is 0 Å². The highest BCUT2D eigenvalue weighted by Crippen LogP contribution is 2.32. The van der Waals surface area contributed by atoms with Crippen molar-refractivity contribution in [1.82, 2.24) is 4.90 Å². The van der Waals surface area contributed by atoms with Crippen LogP contribution < -0.4 is 5.73 Å². The van der Waals surface area contributed by atoms with Crippen LogP contribution >= 0.6 is 0 Å².